The average Bonchev–Trinajstić information content (AvgIpc) is 3.42. The first kappa shape index (κ1) is 26.8. The third-order valence-electron chi connectivity index (χ3n) is 4.50. The van der Waals surface area contributed by atoms with Gasteiger partial charge in [0.25, 0.3) is 0 Å². The minimum atomic E-state index is -1.14. The molecular weight excluding hydrogens is 514 g/mol. The Morgan fingerprint density at radius 3 is 1.33 bits per heavy atom. The summed E-state index contributed by atoms with van der Waals surface area (Å²) in [5.74, 6) is -4.56. The van der Waals surface area contributed by atoms with E-state index in [1.165, 1.54) is 32.5 Å². The molecule has 3 aromatic heterocycles. The summed E-state index contributed by atoms with van der Waals surface area (Å²) in [6, 6.07) is 5.25. The third-order valence-corrected chi connectivity index (χ3v) is 6.32. The van der Waals surface area contributed by atoms with Crippen molar-refractivity contribution in [2.75, 3.05) is 26.2 Å². The summed E-state index contributed by atoms with van der Waals surface area (Å²) < 4.78 is 0. The predicted octanol–water partition coefficient (Wildman–Crippen LogP) is 1.27. The molecule has 15 heteroatoms. The van der Waals surface area contributed by atoms with Crippen LogP contribution in [0.15, 0.2) is 29.0 Å². The van der Waals surface area contributed by atoms with E-state index >= 15 is 0 Å². The van der Waals surface area contributed by atoms with E-state index in [2.05, 4.69) is 15.0 Å². The van der Waals surface area contributed by atoms with Gasteiger partial charge >= 0.3 is 23.9 Å². The second-order valence-electron chi connectivity index (χ2n) is 7.56. The van der Waals surface area contributed by atoms with Gasteiger partial charge in [0.2, 0.25) is 0 Å². The van der Waals surface area contributed by atoms with Gasteiger partial charge in [0.05, 0.1) is 49.0 Å². The Hall–Kier alpha value is -3.79. The highest BCUT2D eigenvalue weighted by molar-refractivity contribution is 7.13. The second kappa shape index (κ2) is 12.3. The Kier molecular flexibility index (Phi) is 9.13. The van der Waals surface area contributed by atoms with Crippen molar-refractivity contribution < 1.29 is 39.6 Å². The van der Waals surface area contributed by atoms with E-state index in [1.807, 2.05) is 0 Å². The molecule has 0 unspecified atom stereocenters. The lowest BCUT2D eigenvalue weighted by Crippen LogP contribution is -2.34. The average molecular weight is 536 g/mol. The molecule has 0 bridgehead atoms. The topological polar surface area (TPSA) is 194 Å². The van der Waals surface area contributed by atoms with E-state index < -0.39 is 50.1 Å². The fraction of sp³-hybridized carbons (Fsp3) is 0.286. The van der Waals surface area contributed by atoms with Crippen molar-refractivity contribution in [3.05, 3.63) is 40.3 Å². The zero-order chi connectivity index (χ0) is 26.2. The van der Waals surface area contributed by atoms with Crippen molar-refractivity contribution in [3.63, 3.8) is 0 Å². The van der Waals surface area contributed by atoms with Crippen molar-refractivity contribution >= 4 is 46.6 Å². The van der Waals surface area contributed by atoms with E-state index in [-0.39, 0.29) is 13.1 Å². The molecular formula is C21H21N5O8S2. The summed E-state index contributed by atoms with van der Waals surface area (Å²) in [7, 11) is 0. The quantitative estimate of drug-likeness (QED) is 0.231. The highest BCUT2D eigenvalue weighted by Gasteiger charge is 2.18. The minimum absolute atomic E-state index is 0.0494. The number of carboxylic acids is 4. The number of aromatic nitrogens is 3. The van der Waals surface area contributed by atoms with Crippen molar-refractivity contribution in [1.29, 1.82) is 0 Å². The standard InChI is InChI=1S/C21H21N5O8S2/c27-16(28)6-25(7-17(29)30)4-12-10-35-20(22-12)14-2-1-3-15(24-14)21-23-13(11-36-21)5-26(8-18(31)32)9-19(33)34/h1-3,10-11H,4-9H2,(H,27,28)(H,29,30)(H,31,32)(H,33,34). The number of thiazole rings is 2. The highest BCUT2D eigenvalue weighted by Crippen LogP contribution is 2.27. The largest absolute Gasteiger partial charge is 0.480 e. The molecule has 4 N–H and O–H groups in total. The maximum Gasteiger partial charge on any atom is 0.317 e. The maximum absolute atomic E-state index is 11.0. The lowest BCUT2D eigenvalue weighted by Gasteiger charge is -2.16. The fourth-order valence-corrected chi connectivity index (χ4v) is 4.78. The number of pyridine rings is 1. The molecule has 3 aromatic rings. The van der Waals surface area contributed by atoms with Crippen LogP contribution in [-0.4, -0.2) is 95.2 Å². The van der Waals surface area contributed by atoms with Gasteiger partial charge < -0.3 is 20.4 Å². The molecule has 0 saturated carbocycles. The molecule has 0 radical (unpaired) electrons. The van der Waals surface area contributed by atoms with E-state index in [1.54, 1.807) is 29.0 Å². The third kappa shape index (κ3) is 8.16. The zero-order valence-corrected chi connectivity index (χ0v) is 20.2. The lowest BCUT2D eigenvalue weighted by molar-refractivity contribution is -0.144. The first-order valence-electron chi connectivity index (χ1n) is 10.3. The molecule has 0 saturated heterocycles. The number of nitrogens with zero attached hydrogens (tertiary/aromatic N) is 5. The van der Waals surface area contributed by atoms with Gasteiger partial charge in [-0.3, -0.25) is 29.0 Å². The summed E-state index contributed by atoms with van der Waals surface area (Å²) in [6.45, 7) is -1.64. The van der Waals surface area contributed by atoms with Crippen LogP contribution < -0.4 is 0 Å². The van der Waals surface area contributed by atoms with Gasteiger partial charge in [-0.1, -0.05) is 6.07 Å². The number of aliphatic carboxylic acids is 4. The zero-order valence-electron chi connectivity index (χ0n) is 18.6. The molecule has 3 rings (SSSR count). The summed E-state index contributed by atoms with van der Waals surface area (Å²) in [6.07, 6.45) is 0. The van der Waals surface area contributed by atoms with E-state index in [9.17, 15) is 19.2 Å². The molecule has 3 heterocycles. The van der Waals surface area contributed by atoms with Gasteiger partial charge in [-0.2, -0.15) is 0 Å². The Morgan fingerprint density at radius 1 is 0.639 bits per heavy atom. The van der Waals surface area contributed by atoms with E-state index in [0.717, 1.165) is 0 Å². The van der Waals surface area contributed by atoms with Gasteiger partial charge in [0.15, 0.2) is 0 Å². The molecule has 0 fully saturated rings. The minimum Gasteiger partial charge on any atom is -0.480 e. The van der Waals surface area contributed by atoms with Crippen molar-refractivity contribution in [2.45, 2.75) is 13.1 Å². The lowest BCUT2D eigenvalue weighted by atomic mass is 10.3. The SMILES string of the molecule is O=C(O)CN(CC(=O)O)Cc1csc(-c2cccc(-c3nc(CN(CC(=O)O)CC(=O)O)cs3)n2)n1. The Labute approximate surface area is 211 Å². The fourth-order valence-electron chi connectivity index (χ4n) is 3.23. The molecule has 13 nitrogen and oxygen atoms in total. The monoisotopic (exact) mass is 535 g/mol. The van der Waals surface area contributed by atoms with Gasteiger partial charge in [-0.15, -0.1) is 22.7 Å². The Balaban J connectivity index is 1.74. The van der Waals surface area contributed by atoms with Crippen LogP contribution in [0.3, 0.4) is 0 Å². The first-order valence-corrected chi connectivity index (χ1v) is 12.0. The first-order chi connectivity index (χ1) is 17.1. The molecule has 0 spiro atoms. The van der Waals surface area contributed by atoms with Gasteiger partial charge in [-0.05, 0) is 12.1 Å². The normalized spacial score (nSPS) is 11.2. The molecule has 0 aliphatic carbocycles. The van der Waals surface area contributed by atoms with Crippen LogP contribution >= 0.6 is 22.7 Å². The maximum atomic E-state index is 11.0. The second-order valence-corrected chi connectivity index (χ2v) is 9.28. The molecule has 0 atom stereocenters. The van der Waals surface area contributed by atoms with E-state index in [4.69, 9.17) is 20.4 Å². The number of hydrogen-bond donors (Lipinski definition) is 4. The molecule has 0 aliphatic heterocycles. The van der Waals surface area contributed by atoms with Crippen molar-refractivity contribution in [3.8, 4) is 21.4 Å². The summed E-state index contributed by atoms with van der Waals surface area (Å²) in [5.41, 5.74) is 2.11. The molecule has 190 valence electrons. The Morgan fingerprint density at radius 2 is 1.00 bits per heavy atom. The van der Waals surface area contributed by atoms with E-state index in [0.29, 0.717) is 32.8 Å². The number of carboxylic acid groups (broad SMARTS) is 4. The summed E-state index contributed by atoms with van der Waals surface area (Å²) >= 11 is 2.56. The summed E-state index contributed by atoms with van der Waals surface area (Å²) in [5, 5.41) is 40.5. The predicted molar refractivity (Wildman–Crippen MR) is 128 cm³/mol. The van der Waals surface area contributed by atoms with Crippen molar-refractivity contribution in [1.82, 2.24) is 24.8 Å². The van der Waals surface area contributed by atoms with Gasteiger partial charge in [-0.25, -0.2) is 15.0 Å². The van der Waals surface area contributed by atoms with Crippen LogP contribution in [-0.2, 0) is 32.3 Å². The van der Waals surface area contributed by atoms with Crippen molar-refractivity contribution in [2.24, 2.45) is 0 Å². The Bertz CT molecular complexity index is 1140. The number of hydrogen-bond acceptors (Lipinski definition) is 11. The van der Waals surface area contributed by atoms with Crippen LogP contribution in [0.2, 0.25) is 0 Å². The van der Waals surface area contributed by atoms with Gasteiger partial charge in [0.1, 0.15) is 10.0 Å². The molecule has 0 aromatic carbocycles. The molecule has 0 amide bonds. The highest BCUT2D eigenvalue weighted by atomic mass is 32.1. The van der Waals surface area contributed by atoms with Crippen LogP contribution in [0.5, 0.6) is 0 Å². The number of rotatable bonds is 14. The molecule has 36 heavy (non-hydrogen) atoms. The van der Waals surface area contributed by atoms with Crippen LogP contribution in [0.1, 0.15) is 11.4 Å². The van der Waals surface area contributed by atoms with Crippen LogP contribution in [0, 0.1) is 0 Å². The molecule has 0 aliphatic rings. The van der Waals surface area contributed by atoms with Crippen LogP contribution in [0.25, 0.3) is 21.4 Å². The van der Waals surface area contributed by atoms with Gasteiger partial charge in [0, 0.05) is 23.8 Å². The summed E-state index contributed by atoms with van der Waals surface area (Å²) in [4.78, 5) is 60.1. The van der Waals surface area contributed by atoms with Crippen LogP contribution in [0.4, 0.5) is 0 Å². The number of carbonyl (C=O) groups is 4. The smallest absolute Gasteiger partial charge is 0.317 e.